The summed E-state index contributed by atoms with van der Waals surface area (Å²) in [6.45, 7) is 2.06. The van der Waals surface area contributed by atoms with Crippen LogP contribution in [0.5, 0.6) is 5.75 Å². The van der Waals surface area contributed by atoms with Crippen molar-refractivity contribution in [2.24, 2.45) is 5.73 Å². The van der Waals surface area contributed by atoms with Gasteiger partial charge >= 0.3 is 0 Å². The largest absolute Gasteiger partial charge is 0.496 e. The van der Waals surface area contributed by atoms with Gasteiger partial charge in [0.15, 0.2) is 5.82 Å². The maximum atomic E-state index is 6.53. The zero-order valence-electron chi connectivity index (χ0n) is 15.2. The van der Waals surface area contributed by atoms with Gasteiger partial charge in [-0.2, -0.15) is 4.98 Å². The predicted octanol–water partition coefficient (Wildman–Crippen LogP) is 3.97. The number of hydrogen-bond acceptors (Lipinski definition) is 5. The molecule has 2 saturated carbocycles. The molecule has 0 unspecified atom stereocenters. The van der Waals surface area contributed by atoms with E-state index in [1.807, 2.05) is 0 Å². The molecule has 0 atom stereocenters. The first-order valence-corrected chi connectivity index (χ1v) is 9.36. The van der Waals surface area contributed by atoms with E-state index in [0.29, 0.717) is 5.82 Å². The summed E-state index contributed by atoms with van der Waals surface area (Å²) >= 11 is 0. The molecule has 0 aliphatic heterocycles. The Bertz CT molecular complexity index is 756. The molecular weight excluding hydrogens is 314 g/mol. The second kappa shape index (κ2) is 6.13. The minimum absolute atomic E-state index is 0.207. The van der Waals surface area contributed by atoms with Gasteiger partial charge in [-0.15, -0.1) is 0 Å². The highest BCUT2D eigenvalue weighted by Crippen LogP contribution is 2.47. The number of nitrogens with zero attached hydrogens (tertiary/aromatic N) is 2. The minimum atomic E-state index is -0.410. The van der Waals surface area contributed by atoms with Crippen molar-refractivity contribution in [3.63, 3.8) is 0 Å². The average molecular weight is 341 g/mol. The van der Waals surface area contributed by atoms with Crippen LogP contribution in [0.15, 0.2) is 22.7 Å². The molecule has 1 aromatic heterocycles. The second-order valence-electron chi connectivity index (χ2n) is 7.76. The van der Waals surface area contributed by atoms with Crippen molar-refractivity contribution in [1.82, 2.24) is 10.1 Å². The summed E-state index contributed by atoms with van der Waals surface area (Å²) in [4.78, 5) is 4.83. The highest BCUT2D eigenvalue weighted by atomic mass is 16.5. The third-order valence-electron chi connectivity index (χ3n) is 6.19. The molecule has 2 aromatic rings. The number of methoxy groups -OCH3 is 1. The summed E-state index contributed by atoms with van der Waals surface area (Å²) in [6.07, 6.45) is 8.55. The molecule has 2 aliphatic rings. The van der Waals surface area contributed by atoms with Crippen LogP contribution in [0.2, 0.25) is 0 Å². The molecule has 25 heavy (non-hydrogen) atoms. The molecule has 0 bridgehead atoms. The summed E-state index contributed by atoms with van der Waals surface area (Å²) in [6, 6.07) is 6.44. The molecule has 5 nitrogen and oxygen atoms in total. The fourth-order valence-electron chi connectivity index (χ4n) is 4.57. The summed E-state index contributed by atoms with van der Waals surface area (Å²) < 4.78 is 11.3. The van der Waals surface area contributed by atoms with Crippen LogP contribution < -0.4 is 10.5 Å². The third-order valence-corrected chi connectivity index (χ3v) is 6.19. The van der Waals surface area contributed by atoms with E-state index in [2.05, 4.69) is 30.3 Å². The second-order valence-corrected chi connectivity index (χ2v) is 7.76. The first-order chi connectivity index (χ1) is 12.1. The molecule has 0 amide bonds. The van der Waals surface area contributed by atoms with E-state index in [4.69, 9.17) is 20.0 Å². The van der Waals surface area contributed by atoms with E-state index in [0.717, 1.165) is 55.7 Å². The third kappa shape index (κ3) is 2.65. The van der Waals surface area contributed by atoms with Gasteiger partial charge in [0.1, 0.15) is 5.75 Å². The Labute approximate surface area is 148 Å². The molecule has 4 rings (SSSR count). The number of benzene rings is 1. The summed E-state index contributed by atoms with van der Waals surface area (Å²) in [5.41, 5.74) is 8.26. The van der Waals surface area contributed by atoms with Crippen LogP contribution in [-0.2, 0) is 11.0 Å². The standard InChI is InChI=1S/C20H27N3O2/c1-14-7-8-15(13-16(14)24-2)19(9-3-4-10-19)18-22-17(23-25-18)20(21)11-5-6-12-20/h7-8,13H,3-6,9-12,21H2,1-2H3. The first kappa shape index (κ1) is 16.6. The van der Waals surface area contributed by atoms with Crippen LogP contribution in [0.25, 0.3) is 0 Å². The quantitative estimate of drug-likeness (QED) is 0.910. The molecule has 1 heterocycles. The van der Waals surface area contributed by atoms with Crippen molar-refractivity contribution in [3.05, 3.63) is 41.0 Å². The zero-order chi connectivity index (χ0) is 17.5. The zero-order valence-corrected chi connectivity index (χ0v) is 15.2. The monoisotopic (exact) mass is 341 g/mol. The lowest BCUT2D eigenvalue weighted by atomic mass is 9.78. The highest BCUT2D eigenvalue weighted by Gasteiger charge is 2.45. The number of rotatable bonds is 4. The van der Waals surface area contributed by atoms with Gasteiger partial charge in [0.05, 0.1) is 18.1 Å². The normalized spacial score (nSPS) is 21.6. The summed E-state index contributed by atoms with van der Waals surface area (Å²) in [5.74, 6) is 2.32. The fourth-order valence-corrected chi connectivity index (χ4v) is 4.57. The number of aryl methyl sites for hydroxylation is 1. The van der Waals surface area contributed by atoms with Crippen LogP contribution in [0.4, 0.5) is 0 Å². The Morgan fingerprint density at radius 3 is 2.44 bits per heavy atom. The molecule has 1 aromatic carbocycles. The van der Waals surface area contributed by atoms with Crippen molar-refractivity contribution < 1.29 is 9.26 Å². The van der Waals surface area contributed by atoms with Crippen molar-refractivity contribution in [3.8, 4) is 5.75 Å². The Hall–Kier alpha value is -1.88. The van der Waals surface area contributed by atoms with Crippen LogP contribution in [-0.4, -0.2) is 17.3 Å². The summed E-state index contributed by atoms with van der Waals surface area (Å²) in [7, 11) is 1.72. The topological polar surface area (TPSA) is 74.2 Å². The Balaban J connectivity index is 1.76. The van der Waals surface area contributed by atoms with Crippen LogP contribution in [0, 0.1) is 6.92 Å². The maximum absolute atomic E-state index is 6.53. The van der Waals surface area contributed by atoms with Crippen molar-refractivity contribution in [1.29, 1.82) is 0 Å². The smallest absolute Gasteiger partial charge is 0.237 e. The van der Waals surface area contributed by atoms with Gasteiger partial charge in [-0.25, -0.2) is 0 Å². The Morgan fingerprint density at radius 1 is 1.08 bits per heavy atom. The minimum Gasteiger partial charge on any atom is -0.496 e. The molecule has 0 saturated heterocycles. The average Bonchev–Trinajstić information content (AvgIpc) is 3.36. The van der Waals surface area contributed by atoms with Gasteiger partial charge in [-0.05, 0) is 49.8 Å². The van der Waals surface area contributed by atoms with Crippen molar-refractivity contribution in [2.75, 3.05) is 7.11 Å². The van der Waals surface area contributed by atoms with E-state index in [9.17, 15) is 0 Å². The number of hydrogen-bond donors (Lipinski definition) is 1. The predicted molar refractivity (Wildman–Crippen MR) is 95.6 cm³/mol. The van der Waals surface area contributed by atoms with Gasteiger partial charge < -0.3 is 15.0 Å². The summed E-state index contributed by atoms with van der Waals surface area (Å²) in [5, 5.41) is 4.30. The molecule has 5 heteroatoms. The molecule has 0 radical (unpaired) electrons. The van der Waals surface area contributed by atoms with Gasteiger partial charge in [0.25, 0.3) is 0 Å². The van der Waals surface area contributed by atoms with E-state index < -0.39 is 5.54 Å². The van der Waals surface area contributed by atoms with Crippen molar-refractivity contribution in [2.45, 2.75) is 69.2 Å². The van der Waals surface area contributed by atoms with Gasteiger partial charge in [-0.3, -0.25) is 0 Å². The maximum Gasteiger partial charge on any atom is 0.237 e. The first-order valence-electron chi connectivity index (χ1n) is 9.36. The molecular formula is C20H27N3O2. The molecule has 134 valence electrons. The highest BCUT2D eigenvalue weighted by molar-refractivity contribution is 5.43. The SMILES string of the molecule is COc1cc(C2(c3nc(C4(N)CCCC4)no3)CCCC2)ccc1C. The van der Waals surface area contributed by atoms with E-state index in [1.165, 1.54) is 18.4 Å². The molecule has 2 fully saturated rings. The lowest BCUT2D eigenvalue weighted by Gasteiger charge is -2.26. The lowest BCUT2D eigenvalue weighted by Crippen LogP contribution is -2.34. The van der Waals surface area contributed by atoms with E-state index >= 15 is 0 Å². The number of aromatic nitrogens is 2. The Kier molecular flexibility index (Phi) is 4.07. The Morgan fingerprint density at radius 2 is 1.76 bits per heavy atom. The molecule has 2 N–H and O–H groups in total. The van der Waals surface area contributed by atoms with Gasteiger partial charge in [-0.1, -0.05) is 43.0 Å². The number of nitrogens with two attached hydrogens (primary N) is 1. The molecule has 0 spiro atoms. The molecule has 2 aliphatic carbocycles. The number of ether oxygens (including phenoxy) is 1. The van der Waals surface area contributed by atoms with E-state index in [-0.39, 0.29) is 5.41 Å². The fraction of sp³-hybridized carbons (Fsp3) is 0.600. The van der Waals surface area contributed by atoms with E-state index in [1.54, 1.807) is 7.11 Å². The van der Waals surface area contributed by atoms with Crippen LogP contribution in [0.1, 0.15) is 74.2 Å². The van der Waals surface area contributed by atoms with Gasteiger partial charge in [0.2, 0.25) is 5.89 Å². The van der Waals surface area contributed by atoms with Gasteiger partial charge in [0, 0.05) is 0 Å². The van der Waals surface area contributed by atoms with Crippen molar-refractivity contribution >= 4 is 0 Å². The van der Waals surface area contributed by atoms with Crippen LogP contribution in [0.3, 0.4) is 0 Å². The lowest BCUT2D eigenvalue weighted by molar-refractivity contribution is 0.301. The van der Waals surface area contributed by atoms with Crippen LogP contribution >= 0.6 is 0 Å².